The molecule has 34 heavy (non-hydrogen) atoms. The molecule has 193 valence electrons. The van der Waals surface area contributed by atoms with Gasteiger partial charge in [-0.15, -0.1) is 13.1 Å². The summed E-state index contributed by atoms with van der Waals surface area (Å²) in [6, 6.07) is 13.0. The molecular weight excluding hydrogens is 504 g/mol. The van der Waals surface area contributed by atoms with E-state index in [4.69, 9.17) is 37.0 Å². The van der Waals surface area contributed by atoms with Crippen molar-refractivity contribution in [2.24, 2.45) is 11.5 Å². The van der Waals surface area contributed by atoms with Crippen molar-refractivity contribution in [3.8, 4) is 0 Å². The number of halogens is 2. The molecule has 0 radical (unpaired) electrons. The normalized spacial score (nSPS) is 13.4. The molecule has 0 aliphatic heterocycles. The van der Waals surface area contributed by atoms with E-state index in [-0.39, 0.29) is 25.2 Å². The second-order valence-electron chi connectivity index (χ2n) is 10.2. The monoisotopic (exact) mass is 547 g/mol. The summed E-state index contributed by atoms with van der Waals surface area (Å²) in [5, 5.41) is 4.88. The molecule has 0 aromatic heterocycles. The molecule has 0 aliphatic rings. The average molecular weight is 549 g/mol. The van der Waals surface area contributed by atoms with Crippen molar-refractivity contribution in [1.82, 2.24) is 0 Å². The third kappa shape index (κ3) is 8.82. The van der Waals surface area contributed by atoms with Crippen LogP contribution in [0.2, 0.25) is 0 Å². The van der Waals surface area contributed by atoms with Crippen molar-refractivity contribution < 1.29 is 13.1 Å². The number of nitrogens with zero attached hydrogens (tertiary/aromatic N) is 1. The van der Waals surface area contributed by atoms with Crippen LogP contribution in [-0.4, -0.2) is 13.1 Å². The first-order valence-electron chi connectivity index (χ1n) is 12.2. The zero-order valence-electron chi connectivity index (χ0n) is 22.1. The van der Waals surface area contributed by atoms with E-state index in [1.165, 1.54) is 33.4 Å². The van der Waals surface area contributed by atoms with Gasteiger partial charge in [0, 0.05) is 12.1 Å². The molecule has 2 atom stereocenters. The predicted molar refractivity (Wildman–Crippen MR) is 148 cm³/mol. The van der Waals surface area contributed by atoms with Gasteiger partial charge in [-0.25, -0.2) is 0 Å². The molecule has 0 heterocycles. The molecule has 4 N–H and O–H groups in total. The van der Waals surface area contributed by atoms with Gasteiger partial charge in [-0.2, -0.15) is 0 Å². The van der Waals surface area contributed by atoms with E-state index in [0.717, 1.165) is 0 Å². The molecule has 0 saturated heterocycles. The first kappa shape index (κ1) is 31.4. The Labute approximate surface area is 223 Å². The Kier molecular flexibility index (Phi) is 14.4. The summed E-state index contributed by atoms with van der Waals surface area (Å²) < 4.78 is 0. The van der Waals surface area contributed by atoms with Gasteiger partial charge in [-0.3, -0.25) is 0 Å². The van der Waals surface area contributed by atoms with Gasteiger partial charge < -0.3 is 16.8 Å². The SMILES string of the molecule is CC(C)c1cccc(C(C)C)c1C(N)C[N-]CC(N)c1c(C(C)C)cccc1C(C)C.[Cl][Mn][Cl]. The third-order valence-corrected chi connectivity index (χ3v) is 6.23. The number of hydrogen-bond donors (Lipinski definition) is 2. The molecule has 2 aromatic carbocycles. The number of hydrogen-bond acceptors (Lipinski definition) is 2. The Morgan fingerprint density at radius 3 is 1.06 bits per heavy atom. The molecule has 0 fully saturated rings. The maximum atomic E-state index is 6.72. The molecule has 2 rings (SSSR count). The van der Waals surface area contributed by atoms with Crippen LogP contribution in [0.3, 0.4) is 0 Å². The van der Waals surface area contributed by atoms with E-state index in [9.17, 15) is 0 Å². The minimum atomic E-state index is -0.104. The quantitative estimate of drug-likeness (QED) is 0.292. The average Bonchev–Trinajstić information content (AvgIpc) is 2.78. The van der Waals surface area contributed by atoms with Crippen molar-refractivity contribution in [1.29, 1.82) is 0 Å². The fourth-order valence-corrected chi connectivity index (χ4v) is 4.61. The van der Waals surface area contributed by atoms with E-state index in [0.29, 0.717) is 36.8 Å². The predicted octanol–water partition coefficient (Wildman–Crippen LogP) is 8.63. The van der Waals surface area contributed by atoms with Crippen molar-refractivity contribution in [3.05, 3.63) is 75.1 Å². The van der Waals surface area contributed by atoms with Gasteiger partial charge in [0.2, 0.25) is 0 Å². The van der Waals surface area contributed by atoms with Gasteiger partial charge in [-0.05, 0) is 57.1 Å². The summed E-state index contributed by atoms with van der Waals surface area (Å²) in [5.41, 5.74) is 21.3. The van der Waals surface area contributed by atoms with Gasteiger partial charge >= 0.3 is 33.3 Å². The van der Waals surface area contributed by atoms with E-state index >= 15 is 0 Å². The second-order valence-corrected chi connectivity index (χ2v) is 12.1. The number of benzene rings is 2. The molecule has 0 bridgehead atoms. The maximum absolute atomic E-state index is 6.72. The van der Waals surface area contributed by atoms with Crippen LogP contribution in [0.5, 0.6) is 0 Å². The van der Waals surface area contributed by atoms with Crippen LogP contribution in [0.25, 0.3) is 5.32 Å². The van der Waals surface area contributed by atoms with Crippen molar-refractivity contribution >= 4 is 20.2 Å². The Bertz CT molecular complexity index is 747. The number of rotatable bonds is 10. The van der Waals surface area contributed by atoms with E-state index in [2.05, 4.69) is 91.8 Å². The van der Waals surface area contributed by atoms with Crippen molar-refractivity contribution in [2.45, 2.75) is 91.1 Å². The third-order valence-electron chi connectivity index (χ3n) is 6.23. The van der Waals surface area contributed by atoms with Crippen LogP contribution in [0, 0.1) is 0 Å². The topological polar surface area (TPSA) is 66.1 Å². The fourth-order valence-electron chi connectivity index (χ4n) is 4.61. The molecule has 0 spiro atoms. The summed E-state index contributed by atoms with van der Waals surface area (Å²) in [6.45, 7) is 19.1. The van der Waals surface area contributed by atoms with Crippen LogP contribution in [0.4, 0.5) is 0 Å². The standard InChI is InChI=1S/C28H44N3.2ClH.Mn/c1-17(2)21-11-9-12-22(18(3)4)27(21)25(29)15-31-16-26(30)28-23(19(5)6)13-10-14-24(28)20(7)8;;;/h9-14,17-20,25-26H,15-16,29-30H2,1-8H3;2*1H;/q-1;;;+2/p-2. The Morgan fingerprint density at radius 1 is 0.618 bits per heavy atom. The molecular formula is C28H44Cl2MnN3-. The summed E-state index contributed by atoms with van der Waals surface area (Å²) in [4.78, 5) is 0. The first-order valence-corrected chi connectivity index (χ1v) is 15.5. The Balaban J connectivity index is 0.00000182. The Morgan fingerprint density at radius 2 is 0.853 bits per heavy atom. The van der Waals surface area contributed by atoms with Gasteiger partial charge in [0.05, 0.1) is 0 Å². The summed E-state index contributed by atoms with van der Waals surface area (Å²) >= 11 is 0.00694. The summed E-state index contributed by atoms with van der Waals surface area (Å²) in [6.07, 6.45) is 0. The summed E-state index contributed by atoms with van der Waals surface area (Å²) in [5.74, 6) is 1.75. The molecule has 0 amide bonds. The van der Waals surface area contributed by atoms with Gasteiger partial charge in [0.25, 0.3) is 0 Å². The van der Waals surface area contributed by atoms with Crippen LogP contribution >= 0.6 is 20.2 Å². The zero-order valence-corrected chi connectivity index (χ0v) is 24.8. The van der Waals surface area contributed by atoms with Crippen molar-refractivity contribution in [3.63, 3.8) is 0 Å². The molecule has 6 heteroatoms. The molecule has 2 unspecified atom stereocenters. The molecule has 0 saturated carbocycles. The van der Waals surface area contributed by atoms with Gasteiger partial charge in [0.15, 0.2) is 0 Å². The van der Waals surface area contributed by atoms with E-state index < -0.39 is 0 Å². The molecule has 2 aromatic rings. The van der Waals surface area contributed by atoms with Gasteiger partial charge in [0.1, 0.15) is 0 Å². The van der Waals surface area contributed by atoms with Crippen molar-refractivity contribution in [2.75, 3.05) is 13.1 Å². The van der Waals surface area contributed by atoms with Crippen LogP contribution in [-0.2, 0) is 13.1 Å². The van der Waals surface area contributed by atoms with Crippen LogP contribution in [0.15, 0.2) is 36.4 Å². The summed E-state index contributed by atoms with van der Waals surface area (Å²) in [7, 11) is 9.59. The minimum absolute atomic E-state index is 0.00694. The Hall–Kier alpha value is -0.581. The number of nitrogens with two attached hydrogens (primary N) is 2. The van der Waals surface area contributed by atoms with Crippen LogP contribution < -0.4 is 11.5 Å². The van der Waals surface area contributed by atoms with E-state index in [1.807, 2.05) is 0 Å². The molecule has 0 aliphatic carbocycles. The molecule has 3 nitrogen and oxygen atoms in total. The zero-order chi connectivity index (χ0) is 26.0. The van der Waals surface area contributed by atoms with Crippen LogP contribution in [0.1, 0.15) is 125 Å². The van der Waals surface area contributed by atoms with Gasteiger partial charge in [-0.1, -0.05) is 91.8 Å². The van der Waals surface area contributed by atoms with E-state index in [1.54, 1.807) is 0 Å². The first-order chi connectivity index (χ1) is 16.0. The fraction of sp³-hybridized carbons (Fsp3) is 0.571. The second kappa shape index (κ2) is 15.5.